The number of carbonyl (C=O) groups is 1. The Balaban J connectivity index is 1.57. The van der Waals surface area contributed by atoms with Crippen LogP contribution in [0, 0.1) is 0 Å². The predicted octanol–water partition coefficient (Wildman–Crippen LogP) is 1.51. The summed E-state index contributed by atoms with van der Waals surface area (Å²) in [5.41, 5.74) is 1.39. The van der Waals surface area contributed by atoms with Crippen LogP contribution in [-0.2, 0) is 0 Å². The number of rotatable bonds is 5. The third kappa shape index (κ3) is 3.34. The van der Waals surface area contributed by atoms with Crippen molar-refractivity contribution in [2.24, 2.45) is 0 Å². The van der Waals surface area contributed by atoms with Crippen LogP contribution in [0.25, 0.3) is 0 Å². The number of hydrogen-bond donors (Lipinski definition) is 3. The van der Waals surface area contributed by atoms with Crippen molar-refractivity contribution in [3.05, 3.63) is 29.4 Å². The molecule has 1 fully saturated rings. The number of carbonyl (C=O) groups excluding carboxylic acids is 1. The van der Waals surface area contributed by atoms with Gasteiger partial charge >= 0.3 is 0 Å². The Bertz CT molecular complexity index is 610. The van der Waals surface area contributed by atoms with Gasteiger partial charge in [-0.1, -0.05) is 11.3 Å². The average molecular weight is 305 g/mol. The van der Waals surface area contributed by atoms with Crippen LogP contribution in [0.3, 0.4) is 0 Å². The van der Waals surface area contributed by atoms with Gasteiger partial charge in [0.25, 0.3) is 5.91 Å². The first-order valence-corrected chi connectivity index (χ1v) is 7.52. The van der Waals surface area contributed by atoms with Crippen LogP contribution in [0.2, 0.25) is 0 Å². The van der Waals surface area contributed by atoms with Gasteiger partial charge in [-0.25, -0.2) is 4.98 Å². The van der Waals surface area contributed by atoms with E-state index in [1.54, 1.807) is 17.6 Å². The molecule has 1 aliphatic carbocycles. The van der Waals surface area contributed by atoms with Crippen LogP contribution in [-0.4, -0.2) is 38.3 Å². The fourth-order valence-electron chi connectivity index (χ4n) is 2.05. The first kappa shape index (κ1) is 13.9. The molecule has 7 nitrogen and oxygen atoms in total. The number of anilines is 2. The van der Waals surface area contributed by atoms with Crippen molar-refractivity contribution in [3.8, 4) is 0 Å². The number of nitrogens with one attached hydrogen (secondary N) is 2. The van der Waals surface area contributed by atoms with Crippen molar-refractivity contribution in [3.63, 3.8) is 0 Å². The van der Waals surface area contributed by atoms with Crippen molar-refractivity contribution in [2.75, 3.05) is 17.2 Å². The average Bonchev–Trinajstić information content (AvgIpc) is 2.96. The molecule has 2 heterocycles. The maximum atomic E-state index is 11.9. The van der Waals surface area contributed by atoms with Gasteiger partial charge in [0.1, 0.15) is 11.3 Å². The highest BCUT2D eigenvalue weighted by atomic mass is 32.1. The van der Waals surface area contributed by atoms with Crippen LogP contribution < -0.4 is 10.6 Å². The number of nitrogens with zero attached hydrogens (tertiary/aromatic N) is 3. The second kappa shape index (κ2) is 5.74. The van der Waals surface area contributed by atoms with Gasteiger partial charge in [0.05, 0.1) is 11.2 Å². The van der Waals surface area contributed by atoms with E-state index in [-0.39, 0.29) is 5.91 Å². The zero-order valence-electron chi connectivity index (χ0n) is 11.2. The van der Waals surface area contributed by atoms with Crippen molar-refractivity contribution in [2.45, 2.75) is 24.9 Å². The minimum Gasteiger partial charge on any atom is -0.388 e. The van der Waals surface area contributed by atoms with Crippen LogP contribution in [0.15, 0.2) is 23.8 Å². The number of amides is 1. The number of hydrogen-bond acceptors (Lipinski definition) is 7. The summed E-state index contributed by atoms with van der Waals surface area (Å²) >= 11 is 1.25. The van der Waals surface area contributed by atoms with Gasteiger partial charge in [0.15, 0.2) is 0 Å². The smallest absolute Gasteiger partial charge is 0.259 e. The summed E-state index contributed by atoms with van der Waals surface area (Å²) in [6.07, 6.45) is 4.20. The fourth-order valence-corrected chi connectivity index (χ4v) is 2.49. The third-order valence-corrected chi connectivity index (χ3v) is 4.10. The molecule has 0 bridgehead atoms. The normalized spacial score (nSPS) is 16.0. The lowest BCUT2D eigenvalue weighted by Crippen LogP contribution is -2.43. The molecule has 21 heavy (non-hydrogen) atoms. The van der Waals surface area contributed by atoms with Gasteiger partial charge in [-0.2, -0.15) is 0 Å². The molecule has 0 saturated heterocycles. The summed E-state index contributed by atoms with van der Waals surface area (Å²) in [5.74, 6) is 0.367. The molecule has 3 N–H and O–H groups in total. The molecule has 2 aromatic rings. The van der Waals surface area contributed by atoms with Gasteiger partial charge in [-0.05, 0) is 31.4 Å². The van der Waals surface area contributed by atoms with Crippen LogP contribution in [0.1, 0.15) is 29.6 Å². The molecular weight excluding hydrogens is 290 g/mol. The molecule has 1 amide bonds. The highest BCUT2D eigenvalue weighted by Gasteiger charge is 2.33. The van der Waals surface area contributed by atoms with Crippen LogP contribution in [0.5, 0.6) is 0 Å². The molecule has 0 radical (unpaired) electrons. The van der Waals surface area contributed by atoms with E-state index in [0.29, 0.717) is 23.1 Å². The topological polar surface area (TPSA) is 100 Å². The van der Waals surface area contributed by atoms with Crippen LogP contribution >= 0.6 is 11.3 Å². The SMILES string of the molecule is O=C(Nc1nncs1)c1ccc(NCC2(O)CCC2)nc1. The second-order valence-corrected chi connectivity index (χ2v) is 5.89. The van der Waals surface area contributed by atoms with Crippen molar-refractivity contribution < 1.29 is 9.90 Å². The lowest BCUT2D eigenvalue weighted by molar-refractivity contribution is -0.0202. The van der Waals surface area contributed by atoms with Crippen molar-refractivity contribution >= 4 is 28.2 Å². The Kier molecular flexibility index (Phi) is 3.80. The lowest BCUT2D eigenvalue weighted by atomic mass is 9.80. The largest absolute Gasteiger partial charge is 0.388 e. The Morgan fingerprint density at radius 2 is 2.29 bits per heavy atom. The lowest BCUT2D eigenvalue weighted by Gasteiger charge is -2.36. The quantitative estimate of drug-likeness (QED) is 0.774. The highest BCUT2D eigenvalue weighted by molar-refractivity contribution is 7.13. The van der Waals surface area contributed by atoms with E-state index < -0.39 is 5.60 Å². The summed E-state index contributed by atoms with van der Waals surface area (Å²) in [6, 6.07) is 3.40. The zero-order valence-corrected chi connectivity index (χ0v) is 12.1. The number of aliphatic hydroxyl groups is 1. The first-order chi connectivity index (χ1) is 10.1. The fraction of sp³-hybridized carbons (Fsp3) is 0.385. The molecule has 0 aliphatic heterocycles. The van der Waals surface area contributed by atoms with Crippen LogP contribution in [0.4, 0.5) is 10.9 Å². The van der Waals surface area contributed by atoms with Crippen molar-refractivity contribution in [1.82, 2.24) is 15.2 Å². The second-order valence-electron chi connectivity index (χ2n) is 5.06. The maximum absolute atomic E-state index is 11.9. The summed E-state index contributed by atoms with van der Waals surface area (Å²) in [5, 5.41) is 23.6. The molecule has 1 saturated carbocycles. The molecule has 110 valence electrons. The molecule has 3 rings (SSSR count). The van der Waals surface area contributed by atoms with Gasteiger partial charge in [-0.3, -0.25) is 10.1 Å². The number of pyridine rings is 1. The minimum atomic E-state index is -0.602. The Morgan fingerprint density at radius 3 is 2.86 bits per heavy atom. The Hall–Kier alpha value is -2.06. The van der Waals surface area contributed by atoms with E-state index >= 15 is 0 Å². The molecule has 1 aliphatic rings. The van der Waals surface area contributed by atoms with E-state index in [1.165, 1.54) is 17.5 Å². The highest BCUT2D eigenvalue weighted by Crippen LogP contribution is 2.31. The van der Waals surface area contributed by atoms with Gasteiger partial charge in [0.2, 0.25) is 5.13 Å². The number of aromatic nitrogens is 3. The first-order valence-electron chi connectivity index (χ1n) is 6.64. The molecule has 0 spiro atoms. The predicted molar refractivity (Wildman–Crippen MR) is 79.4 cm³/mol. The van der Waals surface area contributed by atoms with E-state index in [4.69, 9.17) is 0 Å². The summed E-state index contributed by atoms with van der Waals surface area (Å²) in [7, 11) is 0. The van der Waals surface area contributed by atoms with E-state index in [2.05, 4.69) is 25.8 Å². The van der Waals surface area contributed by atoms with E-state index in [1.807, 2.05) is 0 Å². The molecule has 0 aromatic carbocycles. The monoisotopic (exact) mass is 305 g/mol. The third-order valence-electron chi connectivity index (χ3n) is 3.49. The zero-order chi connectivity index (χ0) is 14.7. The molecule has 8 heteroatoms. The van der Waals surface area contributed by atoms with Gasteiger partial charge in [0, 0.05) is 12.7 Å². The Morgan fingerprint density at radius 1 is 1.43 bits per heavy atom. The minimum absolute atomic E-state index is 0.275. The van der Waals surface area contributed by atoms with Crippen molar-refractivity contribution in [1.29, 1.82) is 0 Å². The standard InChI is InChI=1S/C13H15N5O2S/c19-11(17-12-18-16-8-21-12)9-2-3-10(14-6-9)15-7-13(20)4-1-5-13/h2-3,6,8,20H,1,4-5,7H2,(H,14,15)(H,17,18,19). The molecular formula is C13H15N5O2S. The molecule has 0 atom stereocenters. The molecule has 0 unspecified atom stereocenters. The maximum Gasteiger partial charge on any atom is 0.259 e. The van der Waals surface area contributed by atoms with E-state index in [0.717, 1.165) is 19.3 Å². The molecule has 2 aromatic heterocycles. The summed E-state index contributed by atoms with van der Waals surface area (Å²) < 4.78 is 0. The Labute approximate surface area is 125 Å². The summed E-state index contributed by atoms with van der Waals surface area (Å²) in [6.45, 7) is 0.482. The van der Waals surface area contributed by atoms with Gasteiger partial charge < -0.3 is 10.4 Å². The van der Waals surface area contributed by atoms with E-state index in [9.17, 15) is 9.90 Å². The van der Waals surface area contributed by atoms with Gasteiger partial charge in [-0.15, -0.1) is 10.2 Å². The summed E-state index contributed by atoms with van der Waals surface area (Å²) in [4.78, 5) is 16.1.